The molecular weight excluding hydrogens is 236 g/mol. The van der Waals surface area contributed by atoms with Crippen LogP contribution in [0.25, 0.3) is 11.3 Å². The van der Waals surface area contributed by atoms with Crippen LogP contribution in [0, 0.1) is 0 Å². The van der Waals surface area contributed by atoms with Crippen molar-refractivity contribution >= 4 is 23.1 Å². The first kappa shape index (κ1) is 11.6. The second kappa shape index (κ2) is 4.55. The van der Waals surface area contributed by atoms with Crippen LogP contribution in [0.15, 0.2) is 29.0 Å². The van der Waals surface area contributed by atoms with Crippen molar-refractivity contribution in [3.63, 3.8) is 0 Å². The Kier molecular flexibility index (Phi) is 3.10. The van der Waals surface area contributed by atoms with E-state index in [-0.39, 0.29) is 5.56 Å². The number of carboxylic acid groups (broad SMARTS) is 1. The van der Waals surface area contributed by atoms with Gasteiger partial charge in [0.25, 0.3) is 0 Å². The highest BCUT2D eigenvalue weighted by Gasteiger charge is 2.14. The zero-order valence-electron chi connectivity index (χ0n) is 9.54. The Bertz CT molecular complexity index is 535. The lowest BCUT2D eigenvalue weighted by Gasteiger charge is -2.15. The highest BCUT2D eigenvalue weighted by molar-refractivity contribution is 7.08. The predicted octanol–water partition coefficient (Wildman–Crippen LogP) is 2.57. The van der Waals surface area contributed by atoms with Gasteiger partial charge in [0, 0.05) is 25.0 Å². The average Bonchev–Trinajstić information content (AvgIpc) is 2.81. The molecule has 2 aromatic heterocycles. The van der Waals surface area contributed by atoms with Crippen molar-refractivity contribution in [2.24, 2.45) is 0 Å². The maximum absolute atomic E-state index is 11.1. The van der Waals surface area contributed by atoms with Crippen LogP contribution in [-0.4, -0.2) is 30.2 Å². The van der Waals surface area contributed by atoms with Crippen molar-refractivity contribution in [3.8, 4) is 11.3 Å². The standard InChI is InChI=1S/C12H12N2O2S/c1-14(2)11-9(12(15)16)3-4-10(13-11)8-5-6-17-7-8/h3-7H,1-2H3,(H,15,16). The van der Waals surface area contributed by atoms with Crippen LogP contribution in [0.4, 0.5) is 5.82 Å². The zero-order chi connectivity index (χ0) is 12.4. The molecule has 2 aromatic rings. The van der Waals surface area contributed by atoms with Gasteiger partial charge in [0.05, 0.1) is 5.69 Å². The molecule has 0 aliphatic heterocycles. The van der Waals surface area contributed by atoms with E-state index in [2.05, 4.69) is 4.98 Å². The fraction of sp³-hybridized carbons (Fsp3) is 0.167. The molecule has 5 heteroatoms. The van der Waals surface area contributed by atoms with Crippen molar-refractivity contribution in [2.45, 2.75) is 0 Å². The van der Waals surface area contributed by atoms with Crippen LogP contribution < -0.4 is 4.90 Å². The molecule has 2 rings (SSSR count). The molecule has 0 saturated carbocycles. The van der Waals surface area contributed by atoms with Gasteiger partial charge in [-0.05, 0) is 23.6 Å². The van der Waals surface area contributed by atoms with E-state index in [1.165, 1.54) is 0 Å². The van der Waals surface area contributed by atoms with E-state index in [1.807, 2.05) is 16.8 Å². The third-order valence-electron chi connectivity index (χ3n) is 2.35. The molecule has 0 spiro atoms. The summed E-state index contributed by atoms with van der Waals surface area (Å²) < 4.78 is 0. The zero-order valence-corrected chi connectivity index (χ0v) is 10.4. The van der Waals surface area contributed by atoms with Crippen LogP contribution in [0.1, 0.15) is 10.4 Å². The van der Waals surface area contributed by atoms with E-state index < -0.39 is 5.97 Å². The fourth-order valence-corrected chi connectivity index (χ4v) is 2.18. The molecule has 0 fully saturated rings. The summed E-state index contributed by atoms with van der Waals surface area (Å²) in [5.74, 6) is -0.487. The number of nitrogens with zero attached hydrogens (tertiary/aromatic N) is 2. The van der Waals surface area contributed by atoms with Gasteiger partial charge < -0.3 is 10.0 Å². The molecule has 0 atom stereocenters. The number of carboxylic acids is 1. The summed E-state index contributed by atoms with van der Waals surface area (Å²) in [5, 5.41) is 13.0. The Labute approximate surface area is 103 Å². The first-order valence-corrected chi connectivity index (χ1v) is 5.98. The normalized spacial score (nSPS) is 10.2. The van der Waals surface area contributed by atoms with Gasteiger partial charge >= 0.3 is 5.97 Å². The summed E-state index contributed by atoms with van der Waals surface area (Å²) in [6.07, 6.45) is 0. The van der Waals surface area contributed by atoms with Crippen molar-refractivity contribution in [1.29, 1.82) is 0 Å². The molecule has 0 aliphatic rings. The lowest BCUT2D eigenvalue weighted by molar-refractivity contribution is 0.0697. The maximum Gasteiger partial charge on any atom is 0.339 e. The minimum absolute atomic E-state index is 0.217. The van der Waals surface area contributed by atoms with Crippen molar-refractivity contribution in [1.82, 2.24) is 4.98 Å². The van der Waals surface area contributed by atoms with E-state index in [4.69, 9.17) is 5.11 Å². The number of carbonyl (C=O) groups is 1. The quantitative estimate of drug-likeness (QED) is 0.907. The van der Waals surface area contributed by atoms with Crippen molar-refractivity contribution < 1.29 is 9.90 Å². The lowest BCUT2D eigenvalue weighted by Crippen LogP contribution is -2.16. The molecule has 0 unspecified atom stereocenters. The average molecular weight is 248 g/mol. The van der Waals surface area contributed by atoms with Crippen molar-refractivity contribution in [2.75, 3.05) is 19.0 Å². The van der Waals surface area contributed by atoms with Gasteiger partial charge in [-0.25, -0.2) is 9.78 Å². The molecule has 0 aromatic carbocycles. The van der Waals surface area contributed by atoms with Gasteiger partial charge in [0.2, 0.25) is 0 Å². The molecule has 4 nitrogen and oxygen atoms in total. The Hall–Kier alpha value is -1.88. The topological polar surface area (TPSA) is 53.4 Å². The van der Waals surface area contributed by atoms with Crippen LogP contribution >= 0.6 is 11.3 Å². The Balaban J connectivity index is 2.53. The number of thiophene rings is 1. The van der Waals surface area contributed by atoms with Crippen molar-refractivity contribution in [3.05, 3.63) is 34.5 Å². The number of aromatic nitrogens is 1. The van der Waals surface area contributed by atoms with Gasteiger partial charge in [-0.3, -0.25) is 0 Å². The SMILES string of the molecule is CN(C)c1nc(-c2ccsc2)ccc1C(=O)O. The number of rotatable bonds is 3. The summed E-state index contributed by atoms with van der Waals surface area (Å²) >= 11 is 1.59. The minimum atomic E-state index is -0.960. The Morgan fingerprint density at radius 1 is 1.35 bits per heavy atom. The Morgan fingerprint density at radius 2 is 2.12 bits per heavy atom. The first-order chi connectivity index (χ1) is 8.09. The second-order valence-electron chi connectivity index (χ2n) is 3.78. The molecule has 2 heterocycles. The van der Waals surface area contributed by atoms with Gasteiger partial charge in [0.1, 0.15) is 11.4 Å². The number of hydrogen-bond donors (Lipinski definition) is 1. The molecule has 17 heavy (non-hydrogen) atoms. The third kappa shape index (κ3) is 2.29. The summed E-state index contributed by atoms with van der Waals surface area (Å²) in [6, 6.07) is 5.29. The maximum atomic E-state index is 11.1. The summed E-state index contributed by atoms with van der Waals surface area (Å²) in [5.41, 5.74) is 2.02. The highest BCUT2D eigenvalue weighted by atomic mass is 32.1. The number of pyridine rings is 1. The molecule has 0 bridgehead atoms. The first-order valence-electron chi connectivity index (χ1n) is 5.04. The van der Waals surface area contributed by atoms with E-state index in [1.54, 1.807) is 42.5 Å². The van der Waals surface area contributed by atoms with E-state index in [0.717, 1.165) is 11.3 Å². The fourth-order valence-electron chi connectivity index (χ4n) is 1.53. The molecular formula is C12H12N2O2S. The van der Waals surface area contributed by atoms with E-state index in [9.17, 15) is 4.79 Å². The van der Waals surface area contributed by atoms with Gasteiger partial charge in [-0.2, -0.15) is 11.3 Å². The van der Waals surface area contributed by atoms with Crippen LogP contribution in [0.2, 0.25) is 0 Å². The second-order valence-corrected chi connectivity index (χ2v) is 4.56. The van der Waals surface area contributed by atoms with Crippen LogP contribution in [0.5, 0.6) is 0 Å². The predicted molar refractivity (Wildman–Crippen MR) is 68.8 cm³/mol. The lowest BCUT2D eigenvalue weighted by atomic mass is 10.1. The monoisotopic (exact) mass is 248 g/mol. The van der Waals surface area contributed by atoms with Gasteiger partial charge in [0.15, 0.2) is 0 Å². The molecule has 0 saturated heterocycles. The molecule has 88 valence electrons. The van der Waals surface area contributed by atoms with E-state index >= 15 is 0 Å². The van der Waals surface area contributed by atoms with Crippen LogP contribution in [0.3, 0.4) is 0 Å². The number of anilines is 1. The highest BCUT2D eigenvalue weighted by Crippen LogP contribution is 2.24. The van der Waals surface area contributed by atoms with Gasteiger partial charge in [-0.15, -0.1) is 0 Å². The summed E-state index contributed by atoms with van der Waals surface area (Å²) in [4.78, 5) is 17.2. The molecule has 0 amide bonds. The summed E-state index contributed by atoms with van der Waals surface area (Å²) in [6.45, 7) is 0. The van der Waals surface area contributed by atoms with E-state index in [0.29, 0.717) is 5.82 Å². The van der Waals surface area contributed by atoms with Gasteiger partial charge in [-0.1, -0.05) is 0 Å². The van der Waals surface area contributed by atoms with Crippen LogP contribution in [-0.2, 0) is 0 Å². The minimum Gasteiger partial charge on any atom is -0.478 e. The molecule has 0 aliphatic carbocycles. The number of hydrogen-bond acceptors (Lipinski definition) is 4. The largest absolute Gasteiger partial charge is 0.478 e. The number of aromatic carboxylic acids is 1. The molecule has 0 radical (unpaired) electrons. The smallest absolute Gasteiger partial charge is 0.339 e. The Morgan fingerprint density at radius 3 is 2.65 bits per heavy atom. The summed E-state index contributed by atoms with van der Waals surface area (Å²) in [7, 11) is 3.57. The molecule has 1 N–H and O–H groups in total. The third-order valence-corrected chi connectivity index (χ3v) is 3.03.